The molecule has 1 atom stereocenters. The van der Waals surface area contributed by atoms with E-state index in [4.69, 9.17) is 0 Å². The summed E-state index contributed by atoms with van der Waals surface area (Å²) >= 11 is 0. The van der Waals surface area contributed by atoms with Crippen LogP contribution in [-0.4, -0.2) is 68.8 Å². The first-order chi connectivity index (χ1) is 12.4. The molecule has 1 fully saturated rings. The molecule has 0 bridgehead atoms. The predicted octanol–water partition coefficient (Wildman–Crippen LogP) is 0.617. The molecule has 2 heterocycles. The van der Waals surface area contributed by atoms with Crippen LogP contribution in [0.1, 0.15) is 21.6 Å². The van der Waals surface area contributed by atoms with Crippen molar-refractivity contribution in [2.24, 2.45) is 7.05 Å². The fourth-order valence-electron chi connectivity index (χ4n) is 3.26. The van der Waals surface area contributed by atoms with Crippen LogP contribution in [0.2, 0.25) is 0 Å². The summed E-state index contributed by atoms with van der Waals surface area (Å²) in [4.78, 5) is 28.4. The maximum absolute atomic E-state index is 12.8. The zero-order chi connectivity index (χ0) is 18.7. The summed E-state index contributed by atoms with van der Waals surface area (Å²) in [6.45, 7) is 2.63. The van der Waals surface area contributed by atoms with Crippen LogP contribution in [0.5, 0.6) is 0 Å². The number of aromatic nitrogens is 2. The van der Waals surface area contributed by atoms with Gasteiger partial charge in [-0.1, -0.05) is 30.3 Å². The van der Waals surface area contributed by atoms with Crippen molar-refractivity contribution in [1.82, 2.24) is 19.6 Å². The third-order valence-electron chi connectivity index (χ3n) is 4.59. The first-order valence-corrected chi connectivity index (χ1v) is 8.73. The lowest BCUT2D eigenvalue weighted by atomic mass is 10.1. The quantitative estimate of drug-likeness (QED) is 0.871. The lowest BCUT2D eigenvalue weighted by molar-refractivity contribution is -0.131. The van der Waals surface area contributed by atoms with Gasteiger partial charge in [0.05, 0.1) is 17.4 Å². The number of rotatable bonds is 4. The van der Waals surface area contributed by atoms with Gasteiger partial charge in [-0.3, -0.25) is 14.3 Å². The Hall–Kier alpha value is -2.67. The number of carbonyl (C=O) groups excluding carboxylic acids is 2. The third kappa shape index (κ3) is 4.11. The van der Waals surface area contributed by atoms with Crippen molar-refractivity contribution in [3.63, 3.8) is 0 Å². The van der Waals surface area contributed by atoms with Crippen LogP contribution in [0.3, 0.4) is 0 Å². The van der Waals surface area contributed by atoms with Crippen molar-refractivity contribution in [3.8, 4) is 0 Å². The molecule has 2 aromatic rings. The Kier molecular flexibility index (Phi) is 5.37. The van der Waals surface area contributed by atoms with Gasteiger partial charge in [-0.2, -0.15) is 5.10 Å². The van der Waals surface area contributed by atoms with Crippen molar-refractivity contribution in [3.05, 3.63) is 53.3 Å². The van der Waals surface area contributed by atoms with Gasteiger partial charge in [0, 0.05) is 32.9 Å². The Bertz CT molecular complexity index is 787. The molecule has 0 radical (unpaired) electrons. The monoisotopic (exact) mass is 356 g/mol. The van der Waals surface area contributed by atoms with E-state index in [2.05, 4.69) is 5.10 Å². The Morgan fingerprint density at radius 3 is 2.65 bits per heavy atom. The number of aryl methyl sites for hydroxylation is 2. The predicted molar refractivity (Wildman–Crippen MR) is 96.6 cm³/mol. The van der Waals surface area contributed by atoms with E-state index in [1.54, 1.807) is 29.7 Å². The standard InChI is InChI=1S/C19H24N4O3/c1-14-17(12-21(2)20-14)19(26)23-11-16(24)10-22(18(25)13-23)9-8-15-6-4-3-5-7-15/h3-7,12,16,24H,8-11,13H2,1-2H3. The maximum Gasteiger partial charge on any atom is 0.257 e. The van der Waals surface area contributed by atoms with Crippen LogP contribution in [0, 0.1) is 6.92 Å². The summed E-state index contributed by atoms with van der Waals surface area (Å²) in [5.74, 6) is -0.416. The Balaban J connectivity index is 1.68. The zero-order valence-corrected chi connectivity index (χ0v) is 15.1. The van der Waals surface area contributed by atoms with Gasteiger partial charge in [0.1, 0.15) is 6.54 Å². The summed E-state index contributed by atoms with van der Waals surface area (Å²) in [7, 11) is 1.75. The van der Waals surface area contributed by atoms with Gasteiger partial charge in [0.25, 0.3) is 5.91 Å². The van der Waals surface area contributed by atoms with Gasteiger partial charge in [-0.15, -0.1) is 0 Å². The fraction of sp³-hybridized carbons (Fsp3) is 0.421. The Morgan fingerprint density at radius 1 is 1.27 bits per heavy atom. The summed E-state index contributed by atoms with van der Waals surface area (Å²) in [5, 5.41) is 14.5. The number of hydrogen-bond acceptors (Lipinski definition) is 4. The van der Waals surface area contributed by atoms with E-state index in [-0.39, 0.29) is 31.4 Å². The minimum atomic E-state index is -0.766. The highest BCUT2D eigenvalue weighted by atomic mass is 16.3. The molecule has 1 aromatic heterocycles. The van der Waals surface area contributed by atoms with E-state index in [0.29, 0.717) is 17.8 Å². The van der Waals surface area contributed by atoms with Gasteiger partial charge >= 0.3 is 0 Å². The molecule has 7 heteroatoms. The molecule has 1 N–H and O–H groups in total. The number of benzene rings is 1. The first kappa shape index (κ1) is 18.1. The number of carbonyl (C=O) groups is 2. The molecule has 7 nitrogen and oxygen atoms in total. The number of nitrogens with zero attached hydrogens (tertiary/aromatic N) is 4. The molecule has 2 amide bonds. The van der Waals surface area contributed by atoms with Gasteiger partial charge in [-0.25, -0.2) is 0 Å². The minimum absolute atomic E-state index is 0.0288. The Labute approximate surface area is 152 Å². The molecule has 138 valence electrons. The molecule has 26 heavy (non-hydrogen) atoms. The Morgan fingerprint density at radius 2 is 2.00 bits per heavy atom. The zero-order valence-electron chi connectivity index (χ0n) is 15.1. The highest BCUT2D eigenvalue weighted by Gasteiger charge is 2.30. The fourth-order valence-corrected chi connectivity index (χ4v) is 3.26. The number of amides is 2. The molecule has 1 saturated heterocycles. The largest absolute Gasteiger partial charge is 0.389 e. The van der Waals surface area contributed by atoms with Crippen molar-refractivity contribution in [1.29, 1.82) is 0 Å². The van der Waals surface area contributed by atoms with Crippen LogP contribution in [-0.2, 0) is 18.3 Å². The molecule has 0 spiro atoms. The van der Waals surface area contributed by atoms with Gasteiger partial charge < -0.3 is 14.9 Å². The average molecular weight is 356 g/mol. The molecular formula is C19H24N4O3. The number of hydrogen-bond donors (Lipinski definition) is 1. The lowest BCUT2D eigenvalue weighted by Gasteiger charge is -2.21. The van der Waals surface area contributed by atoms with E-state index in [9.17, 15) is 14.7 Å². The summed E-state index contributed by atoms with van der Waals surface area (Å²) in [5.41, 5.74) is 2.22. The van der Waals surface area contributed by atoms with Gasteiger partial charge in [0.2, 0.25) is 5.91 Å². The van der Waals surface area contributed by atoms with Crippen LogP contribution in [0.25, 0.3) is 0 Å². The number of β-amino-alcohol motifs (C(OH)–C–C–N with tert-alkyl or cyclic N) is 1. The second kappa shape index (κ2) is 7.70. The third-order valence-corrected chi connectivity index (χ3v) is 4.59. The highest BCUT2D eigenvalue weighted by molar-refractivity contribution is 5.97. The second-order valence-electron chi connectivity index (χ2n) is 6.72. The van der Waals surface area contributed by atoms with Crippen molar-refractivity contribution < 1.29 is 14.7 Å². The van der Waals surface area contributed by atoms with Crippen LogP contribution >= 0.6 is 0 Å². The molecule has 1 aliphatic rings. The van der Waals surface area contributed by atoms with Crippen LogP contribution in [0.15, 0.2) is 36.5 Å². The normalized spacial score (nSPS) is 18.1. The minimum Gasteiger partial charge on any atom is -0.389 e. The van der Waals surface area contributed by atoms with Gasteiger partial charge in [-0.05, 0) is 18.9 Å². The first-order valence-electron chi connectivity index (χ1n) is 8.73. The maximum atomic E-state index is 12.8. The molecular weight excluding hydrogens is 332 g/mol. The van der Waals surface area contributed by atoms with Gasteiger partial charge in [0.15, 0.2) is 0 Å². The molecule has 0 saturated carbocycles. The van der Waals surface area contributed by atoms with E-state index < -0.39 is 6.10 Å². The highest BCUT2D eigenvalue weighted by Crippen LogP contribution is 2.13. The number of aliphatic hydroxyl groups is 1. The lowest BCUT2D eigenvalue weighted by Crippen LogP contribution is -2.40. The molecule has 1 aliphatic heterocycles. The average Bonchev–Trinajstić information content (AvgIpc) is 2.88. The SMILES string of the molecule is Cc1nn(C)cc1C(=O)N1CC(=O)N(CCc2ccccc2)CC(O)C1. The topological polar surface area (TPSA) is 78.7 Å². The van der Waals surface area contributed by atoms with E-state index in [1.807, 2.05) is 30.3 Å². The molecule has 0 aliphatic carbocycles. The molecule has 3 rings (SSSR count). The van der Waals surface area contributed by atoms with Crippen molar-refractivity contribution in [2.75, 3.05) is 26.2 Å². The van der Waals surface area contributed by atoms with Crippen LogP contribution < -0.4 is 0 Å². The second-order valence-corrected chi connectivity index (χ2v) is 6.72. The number of aliphatic hydroxyl groups excluding tert-OH is 1. The smallest absolute Gasteiger partial charge is 0.257 e. The summed E-state index contributed by atoms with van der Waals surface area (Å²) < 4.78 is 1.57. The van der Waals surface area contributed by atoms with E-state index in [0.717, 1.165) is 12.0 Å². The molecule has 1 unspecified atom stereocenters. The van der Waals surface area contributed by atoms with Crippen LogP contribution in [0.4, 0.5) is 0 Å². The summed E-state index contributed by atoms with van der Waals surface area (Å²) in [6, 6.07) is 9.91. The van der Waals surface area contributed by atoms with E-state index in [1.165, 1.54) is 4.90 Å². The summed E-state index contributed by atoms with van der Waals surface area (Å²) in [6.07, 6.45) is 1.60. The van der Waals surface area contributed by atoms with E-state index >= 15 is 0 Å². The van der Waals surface area contributed by atoms with Crippen molar-refractivity contribution in [2.45, 2.75) is 19.4 Å². The van der Waals surface area contributed by atoms with Crippen molar-refractivity contribution >= 4 is 11.8 Å². The molecule has 1 aromatic carbocycles.